The largest absolute Gasteiger partial charge is 0.462 e. The predicted molar refractivity (Wildman–Crippen MR) is 349 cm³/mol. The van der Waals surface area contributed by atoms with Gasteiger partial charge in [0.25, 0.3) is 0 Å². The molecule has 0 N–H and O–H groups in total. The second-order valence-corrected chi connectivity index (χ2v) is 25.2. The molecule has 0 aliphatic heterocycles. The van der Waals surface area contributed by atoms with Crippen LogP contribution in [-0.4, -0.2) is 37.2 Å². The molecule has 0 radical (unpaired) electrons. The Balaban J connectivity index is 3.92. The minimum Gasteiger partial charge on any atom is -0.462 e. The zero-order chi connectivity index (χ0) is 57.8. The molecule has 0 aliphatic carbocycles. The first kappa shape index (κ1) is 78.1. The molecule has 0 saturated heterocycles. The summed E-state index contributed by atoms with van der Waals surface area (Å²) < 4.78 is 16.9. The van der Waals surface area contributed by atoms with E-state index in [1.165, 1.54) is 327 Å². The van der Waals surface area contributed by atoms with Crippen molar-refractivity contribution < 1.29 is 28.6 Å². The number of hydrogen-bond acceptors (Lipinski definition) is 6. The maximum Gasteiger partial charge on any atom is 0.306 e. The molecular formula is C74H142O6. The summed E-state index contributed by atoms with van der Waals surface area (Å²) in [4.78, 5) is 38.1. The minimum absolute atomic E-state index is 0.0639. The van der Waals surface area contributed by atoms with E-state index in [2.05, 4.69) is 32.9 Å². The Bertz CT molecular complexity index is 1250. The molecule has 0 aliphatic rings. The van der Waals surface area contributed by atoms with Crippen LogP contribution in [0, 0.1) is 0 Å². The van der Waals surface area contributed by atoms with E-state index in [1.807, 2.05) is 0 Å². The van der Waals surface area contributed by atoms with Crippen molar-refractivity contribution in [2.45, 2.75) is 431 Å². The zero-order valence-electron chi connectivity index (χ0n) is 54.6. The Morgan fingerprint density at radius 1 is 0.237 bits per heavy atom. The number of unbranched alkanes of at least 4 members (excludes halogenated alkanes) is 56. The van der Waals surface area contributed by atoms with Crippen LogP contribution >= 0.6 is 0 Å². The summed E-state index contributed by atoms with van der Waals surface area (Å²) in [7, 11) is 0. The van der Waals surface area contributed by atoms with Crippen LogP contribution in [0.15, 0.2) is 12.2 Å². The standard InChI is InChI=1S/C74H142O6/c1-4-7-10-13-16-18-20-22-24-26-28-30-32-34-35-36-37-38-39-41-42-44-46-48-50-52-54-56-58-61-64-67-73(76)79-70-71(69-78-72(75)66-63-60-15-12-9-6-3)80-74(77)68-65-62-59-57-55-53-51-49-47-45-43-40-33-31-29-27-25-23-21-19-17-14-11-8-5-2/h27,29,71H,4-26,28,30-70H2,1-3H3/b29-27-. The van der Waals surface area contributed by atoms with Gasteiger partial charge in [-0.2, -0.15) is 0 Å². The van der Waals surface area contributed by atoms with Crippen LogP contribution in [-0.2, 0) is 28.6 Å². The van der Waals surface area contributed by atoms with Crippen LogP contribution in [0.25, 0.3) is 0 Å². The number of carbonyl (C=O) groups excluding carboxylic acids is 3. The molecule has 1 atom stereocenters. The summed E-state index contributed by atoms with van der Waals surface area (Å²) in [6.07, 6.45) is 84.5. The van der Waals surface area contributed by atoms with Crippen molar-refractivity contribution in [3.05, 3.63) is 12.2 Å². The van der Waals surface area contributed by atoms with Crippen LogP contribution in [0.2, 0.25) is 0 Å². The van der Waals surface area contributed by atoms with E-state index in [-0.39, 0.29) is 31.1 Å². The lowest BCUT2D eigenvalue weighted by Gasteiger charge is -2.18. The molecule has 0 aromatic carbocycles. The topological polar surface area (TPSA) is 78.9 Å². The van der Waals surface area contributed by atoms with Gasteiger partial charge in [0.1, 0.15) is 13.2 Å². The summed E-state index contributed by atoms with van der Waals surface area (Å²) in [5.74, 6) is -0.843. The van der Waals surface area contributed by atoms with Crippen molar-refractivity contribution in [3.8, 4) is 0 Å². The van der Waals surface area contributed by atoms with Crippen molar-refractivity contribution in [1.29, 1.82) is 0 Å². The minimum atomic E-state index is -0.764. The van der Waals surface area contributed by atoms with Crippen LogP contribution < -0.4 is 0 Å². The van der Waals surface area contributed by atoms with Crippen molar-refractivity contribution >= 4 is 17.9 Å². The molecular weight excluding hydrogens is 985 g/mol. The Hall–Kier alpha value is -1.85. The lowest BCUT2D eigenvalue weighted by atomic mass is 10.0. The third-order valence-corrected chi connectivity index (χ3v) is 17.0. The van der Waals surface area contributed by atoms with Crippen molar-refractivity contribution in [2.24, 2.45) is 0 Å². The Labute approximate surface area is 501 Å². The molecule has 1 unspecified atom stereocenters. The van der Waals surface area contributed by atoms with Gasteiger partial charge in [0.2, 0.25) is 0 Å². The molecule has 0 heterocycles. The number of allylic oxidation sites excluding steroid dienone is 2. The van der Waals surface area contributed by atoms with E-state index in [4.69, 9.17) is 14.2 Å². The lowest BCUT2D eigenvalue weighted by Crippen LogP contribution is -2.30. The highest BCUT2D eigenvalue weighted by molar-refractivity contribution is 5.71. The summed E-state index contributed by atoms with van der Waals surface area (Å²) in [5, 5.41) is 0. The fourth-order valence-corrected chi connectivity index (χ4v) is 11.5. The van der Waals surface area contributed by atoms with Crippen molar-refractivity contribution in [1.82, 2.24) is 0 Å². The number of esters is 3. The van der Waals surface area contributed by atoms with Crippen LogP contribution in [0.1, 0.15) is 425 Å². The van der Waals surface area contributed by atoms with E-state index in [0.29, 0.717) is 19.3 Å². The summed E-state index contributed by atoms with van der Waals surface area (Å²) in [5.41, 5.74) is 0. The van der Waals surface area contributed by atoms with Crippen molar-refractivity contribution in [2.75, 3.05) is 13.2 Å². The quantitative estimate of drug-likeness (QED) is 0.0261. The van der Waals surface area contributed by atoms with E-state index >= 15 is 0 Å². The molecule has 474 valence electrons. The number of carbonyl (C=O) groups is 3. The van der Waals surface area contributed by atoms with Crippen LogP contribution in [0.4, 0.5) is 0 Å². The summed E-state index contributed by atoms with van der Waals surface area (Å²) in [6.45, 7) is 6.67. The molecule has 0 fully saturated rings. The molecule has 6 heteroatoms. The fraction of sp³-hybridized carbons (Fsp3) is 0.932. The van der Waals surface area contributed by atoms with Gasteiger partial charge in [0.05, 0.1) is 0 Å². The van der Waals surface area contributed by atoms with Gasteiger partial charge in [-0.1, -0.05) is 373 Å². The maximum atomic E-state index is 12.9. The smallest absolute Gasteiger partial charge is 0.306 e. The van der Waals surface area contributed by atoms with Gasteiger partial charge in [0.15, 0.2) is 6.10 Å². The van der Waals surface area contributed by atoms with Gasteiger partial charge >= 0.3 is 17.9 Å². The molecule has 0 amide bonds. The Kier molecular flexibility index (Phi) is 68.0. The fourth-order valence-electron chi connectivity index (χ4n) is 11.5. The van der Waals surface area contributed by atoms with E-state index in [0.717, 1.165) is 57.8 Å². The van der Waals surface area contributed by atoms with Gasteiger partial charge in [-0.15, -0.1) is 0 Å². The van der Waals surface area contributed by atoms with E-state index < -0.39 is 6.10 Å². The third-order valence-electron chi connectivity index (χ3n) is 17.0. The molecule has 0 saturated carbocycles. The lowest BCUT2D eigenvalue weighted by molar-refractivity contribution is -0.167. The normalized spacial score (nSPS) is 12.0. The average molecular weight is 1130 g/mol. The van der Waals surface area contributed by atoms with Gasteiger partial charge in [0, 0.05) is 19.3 Å². The monoisotopic (exact) mass is 1130 g/mol. The SMILES string of the molecule is CCCCCCCCCC/C=C\CCCCCCCCCCCCCCCC(=O)OC(COC(=O)CCCCCCCC)COC(=O)CCCCCCCCCCCCCCCCCCCCCCCCCCCCCCCCC. The summed E-state index contributed by atoms with van der Waals surface area (Å²) in [6, 6.07) is 0. The molecule has 0 aromatic heterocycles. The average Bonchev–Trinajstić information content (AvgIpc) is 3.46. The first-order valence-electron chi connectivity index (χ1n) is 36.7. The molecule has 80 heavy (non-hydrogen) atoms. The number of rotatable bonds is 69. The molecule has 6 nitrogen and oxygen atoms in total. The maximum absolute atomic E-state index is 12.9. The highest BCUT2D eigenvalue weighted by Gasteiger charge is 2.20. The second-order valence-electron chi connectivity index (χ2n) is 25.2. The summed E-state index contributed by atoms with van der Waals surface area (Å²) >= 11 is 0. The van der Waals surface area contributed by atoms with Crippen LogP contribution in [0.5, 0.6) is 0 Å². The zero-order valence-corrected chi connectivity index (χ0v) is 54.6. The van der Waals surface area contributed by atoms with E-state index in [9.17, 15) is 14.4 Å². The van der Waals surface area contributed by atoms with Gasteiger partial charge in [-0.05, 0) is 44.9 Å². The molecule has 0 bridgehead atoms. The Morgan fingerprint density at radius 2 is 0.412 bits per heavy atom. The highest BCUT2D eigenvalue weighted by atomic mass is 16.6. The van der Waals surface area contributed by atoms with Gasteiger partial charge in [-0.25, -0.2) is 0 Å². The first-order chi connectivity index (χ1) is 39.5. The predicted octanol–water partition coefficient (Wildman–Crippen LogP) is 25.2. The third kappa shape index (κ3) is 66.9. The molecule has 0 spiro atoms. The second kappa shape index (κ2) is 69.6. The molecule has 0 aromatic rings. The van der Waals surface area contributed by atoms with Crippen molar-refractivity contribution in [3.63, 3.8) is 0 Å². The Morgan fingerprint density at radius 3 is 0.625 bits per heavy atom. The van der Waals surface area contributed by atoms with Crippen LogP contribution in [0.3, 0.4) is 0 Å². The van der Waals surface area contributed by atoms with Gasteiger partial charge in [-0.3, -0.25) is 14.4 Å². The van der Waals surface area contributed by atoms with E-state index in [1.54, 1.807) is 0 Å². The van der Waals surface area contributed by atoms with Gasteiger partial charge < -0.3 is 14.2 Å². The highest BCUT2D eigenvalue weighted by Crippen LogP contribution is 2.19. The first-order valence-corrected chi connectivity index (χ1v) is 36.7. The number of hydrogen-bond donors (Lipinski definition) is 0. The number of ether oxygens (including phenoxy) is 3. The molecule has 0 rings (SSSR count).